The summed E-state index contributed by atoms with van der Waals surface area (Å²) in [5.41, 5.74) is 2.39. The number of hydrogen-bond donors (Lipinski definition) is 0. The Morgan fingerprint density at radius 1 is 0.812 bits per heavy atom. The number of methoxy groups -OCH3 is 2. The summed E-state index contributed by atoms with van der Waals surface area (Å²) in [6.07, 6.45) is 0.720. The number of hydrogen-bond acceptors (Lipinski definition) is 5. The Morgan fingerprint density at radius 2 is 1.41 bits per heavy atom. The summed E-state index contributed by atoms with van der Waals surface area (Å²) in [5.74, 6) is 0.797. The zero-order chi connectivity index (χ0) is 23.1. The number of amides is 1. The van der Waals surface area contributed by atoms with Gasteiger partial charge in [0.1, 0.15) is 0 Å². The third-order valence-electron chi connectivity index (χ3n) is 5.06. The lowest BCUT2D eigenvalue weighted by atomic mass is 10.2. The maximum Gasteiger partial charge on any atom is 0.243 e. The van der Waals surface area contributed by atoms with E-state index >= 15 is 0 Å². The van der Waals surface area contributed by atoms with Crippen LogP contribution in [0.3, 0.4) is 0 Å². The van der Waals surface area contributed by atoms with Crippen molar-refractivity contribution in [1.29, 1.82) is 0 Å². The molecule has 0 saturated carbocycles. The third-order valence-corrected chi connectivity index (χ3v) is 6.84. The lowest BCUT2D eigenvalue weighted by Gasteiger charge is -2.23. The van der Waals surface area contributed by atoms with E-state index in [2.05, 4.69) is 0 Å². The second kappa shape index (κ2) is 10.3. The average molecular weight is 455 g/mol. The first-order chi connectivity index (χ1) is 15.4. The van der Waals surface area contributed by atoms with Crippen molar-refractivity contribution in [1.82, 2.24) is 4.31 Å². The first kappa shape index (κ1) is 23.3. The molecule has 168 valence electrons. The lowest BCUT2D eigenvalue weighted by molar-refractivity contribution is -0.107. The highest BCUT2D eigenvalue weighted by Gasteiger charge is 2.26. The molecule has 0 saturated heterocycles. The molecule has 0 N–H and O–H groups in total. The van der Waals surface area contributed by atoms with Crippen LogP contribution in [0.25, 0.3) is 0 Å². The molecule has 0 heterocycles. The van der Waals surface area contributed by atoms with Crippen LogP contribution in [-0.4, -0.2) is 40.4 Å². The van der Waals surface area contributed by atoms with Gasteiger partial charge in [0.05, 0.1) is 19.1 Å². The predicted molar refractivity (Wildman–Crippen MR) is 123 cm³/mol. The molecular formula is C24H26N2O5S. The van der Waals surface area contributed by atoms with E-state index in [1.54, 1.807) is 25.2 Å². The summed E-state index contributed by atoms with van der Waals surface area (Å²) in [6.45, 7) is 0.365. The fourth-order valence-electron chi connectivity index (χ4n) is 3.24. The van der Waals surface area contributed by atoms with Crippen LogP contribution in [0.4, 0.5) is 5.69 Å². The van der Waals surface area contributed by atoms with Gasteiger partial charge in [-0.05, 0) is 35.4 Å². The van der Waals surface area contributed by atoms with E-state index in [-0.39, 0.29) is 18.0 Å². The molecule has 0 aliphatic carbocycles. The van der Waals surface area contributed by atoms with Crippen LogP contribution in [-0.2, 0) is 27.9 Å². The number of ether oxygens (including phenoxy) is 2. The summed E-state index contributed by atoms with van der Waals surface area (Å²) >= 11 is 0. The van der Waals surface area contributed by atoms with Gasteiger partial charge in [0.25, 0.3) is 0 Å². The third kappa shape index (κ3) is 5.27. The fraction of sp³-hybridized carbons (Fsp3) is 0.208. The van der Waals surface area contributed by atoms with Crippen LogP contribution < -0.4 is 14.4 Å². The van der Waals surface area contributed by atoms with Crippen molar-refractivity contribution in [3.05, 3.63) is 83.9 Å². The molecule has 3 aromatic rings. The van der Waals surface area contributed by atoms with Crippen molar-refractivity contribution in [3.63, 3.8) is 0 Å². The first-order valence-electron chi connectivity index (χ1n) is 9.92. The minimum atomic E-state index is -3.85. The highest BCUT2D eigenvalue weighted by molar-refractivity contribution is 7.89. The Kier molecular flexibility index (Phi) is 7.50. The Bertz CT molecular complexity index is 1150. The maximum absolute atomic E-state index is 13.6. The zero-order valence-corrected chi connectivity index (χ0v) is 19.1. The van der Waals surface area contributed by atoms with Gasteiger partial charge in [-0.2, -0.15) is 4.31 Å². The van der Waals surface area contributed by atoms with Crippen molar-refractivity contribution >= 4 is 22.1 Å². The molecule has 0 aromatic heterocycles. The van der Waals surface area contributed by atoms with Crippen molar-refractivity contribution in [3.8, 4) is 11.5 Å². The minimum Gasteiger partial charge on any atom is -0.493 e. The first-order valence-corrected chi connectivity index (χ1v) is 11.4. The number of carbonyl (C=O) groups is 1. The van der Waals surface area contributed by atoms with Crippen LogP contribution in [0, 0.1) is 0 Å². The molecule has 3 rings (SSSR count). The molecule has 0 radical (unpaired) electrons. The molecule has 0 aliphatic rings. The number of carbonyl (C=O) groups excluding carboxylic acids is 1. The highest BCUT2D eigenvalue weighted by atomic mass is 32.2. The van der Waals surface area contributed by atoms with Crippen LogP contribution in [0.5, 0.6) is 11.5 Å². The fourth-order valence-corrected chi connectivity index (χ4v) is 4.67. The Balaban J connectivity index is 1.97. The molecule has 0 aliphatic heterocycles. The summed E-state index contributed by atoms with van der Waals surface area (Å²) < 4.78 is 39.2. The molecular weight excluding hydrogens is 428 g/mol. The van der Waals surface area contributed by atoms with Gasteiger partial charge in [0, 0.05) is 31.9 Å². The largest absolute Gasteiger partial charge is 0.493 e. The SMILES string of the molecule is COc1ccc(S(=O)(=O)N(Cc2ccccc2)Cc2ccc(N(C)C=O)cc2)cc1OC. The smallest absolute Gasteiger partial charge is 0.243 e. The van der Waals surface area contributed by atoms with Crippen molar-refractivity contribution in [2.75, 3.05) is 26.2 Å². The summed E-state index contributed by atoms with van der Waals surface area (Å²) in [5, 5.41) is 0. The van der Waals surface area contributed by atoms with Crippen molar-refractivity contribution < 1.29 is 22.7 Å². The van der Waals surface area contributed by atoms with Crippen molar-refractivity contribution in [2.24, 2.45) is 0 Å². The standard InChI is InChI=1S/C24H26N2O5S/c1-25(18-27)21-11-9-20(10-12-21)17-26(16-19-7-5-4-6-8-19)32(28,29)22-13-14-23(30-2)24(15-22)31-3/h4-15,18H,16-17H2,1-3H3. The second-order valence-electron chi connectivity index (χ2n) is 7.16. The predicted octanol–water partition coefficient (Wildman–Crippen LogP) is 3.69. The van der Waals surface area contributed by atoms with E-state index in [0.29, 0.717) is 11.5 Å². The van der Waals surface area contributed by atoms with Gasteiger partial charge in [-0.1, -0.05) is 42.5 Å². The van der Waals surface area contributed by atoms with Gasteiger partial charge in [0.15, 0.2) is 11.5 Å². The molecule has 7 nitrogen and oxygen atoms in total. The van der Waals surface area contributed by atoms with Gasteiger partial charge in [-0.15, -0.1) is 0 Å². The van der Waals surface area contributed by atoms with Crippen LogP contribution >= 0.6 is 0 Å². The molecule has 0 bridgehead atoms. The van der Waals surface area contributed by atoms with E-state index in [1.807, 2.05) is 42.5 Å². The normalized spacial score (nSPS) is 11.2. The molecule has 0 unspecified atom stereocenters. The summed E-state index contributed by atoms with van der Waals surface area (Å²) in [4.78, 5) is 12.5. The molecule has 0 atom stereocenters. The van der Waals surface area contributed by atoms with E-state index in [1.165, 1.54) is 35.6 Å². The molecule has 32 heavy (non-hydrogen) atoms. The summed E-state index contributed by atoms with van der Waals surface area (Å²) in [7, 11) is 0.769. The zero-order valence-electron chi connectivity index (χ0n) is 18.3. The van der Waals surface area contributed by atoms with Crippen LogP contribution in [0.15, 0.2) is 77.7 Å². The molecule has 1 amide bonds. The highest BCUT2D eigenvalue weighted by Crippen LogP contribution is 2.31. The topological polar surface area (TPSA) is 76.2 Å². The van der Waals surface area contributed by atoms with Gasteiger partial charge in [0.2, 0.25) is 16.4 Å². The second-order valence-corrected chi connectivity index (χ2v) is 9.10. The molecule has 3 aromatic carbocycles. The van der Waals surface area contributed by atoms with E-state index in [9.17, 15) is 13.2 Å². The van der Waals surface area contributed by atoms with E-state index < -0.39 is 10.0 Å². The van der Waals surface area contributed by atoms with Gasteiger partial charge in [-0.3, -0.25) is 4.79 Å². The number of rotatable bonds is 10. The molecule has 0 fully saturated rings. The monoisotopic (exact) mass is 454 g/mol. The van der Waals surface area contributed by atoms with Crippen LogP contribution in [0.1, 0.15) is 11.1 Å². The number of anilines is 1. The summed E-state index contributed by atoms with van der Waals surface area (Å²) in [6, 6.07) is 21.2. The number of nitrogens with zero attached hydrogens (tertiary/aromatic N) is 2. The molecule has 0 spiro atoms. The van der Waals surface area contributed by atoms with E-state index in [0.717, 1.165) is 23.2 Å². The van der Waals surface area contributed by atoms with Crippen LogP contribution in [0.2, 0.25) is 0 Å². The van der Waals surface area contributed by atoms with E-state index in [4.69, 9.17) is 9.47 Å². The molecule has 8 heteroatoms. The quantitative estimate of drug-likeness (QED) is 0.437. The Morgan fingerprint density at radius 3 is 1.97 bits per heavy atom. The number of benzene rings is 3. The Labute approximate surface area is 188 Å². The average Bonchev–Trinajstić information content (AvgIpc) is 2.83. The minimum absolute atomic E-state index is 0.114. The maximum atomic E-state index is 13.6. The van der Waals surface area contributed by atoms with Gasteiger partial charge >= 0.3 is 0 Å². The van der Waals surface area contributed by atoms with Gasteiger partial charge < -0.3 is 14.4 Å². The Hall–Kier alpha value is -3.36. The lowest BCUT2D eigenvalue weighted by Crippen LogP contribution is -2.30. The number of sulfonamides is 1. The van der Waals surface area contributed by atoms with Crippen molar-refractivity contribution in [2.45, 2.75) is 18.0 Å². The van der Waals surface area contributed by atoms with Gasteiger partial charge in [-0.25, -0.2) is 8.42 Å².